The lowest BCUT2D eigenvalue weighted by molar-refractivity contribution is -0.127. The lowest BCUT2D eigenvalue weighted by Crippen LogP contribution is -2.42. The number of carbonyl (C=O) groups is 3. The summed E-state index contributed by atoms with van der Waals surface area (Å²) in [5.74, 6) is 0.300. The predicted molar refractivity (Wildman–Crippen MR) is 104 cm³/mol. The van der Waals surface area contributed by atoms with Gasteiger partial charge in [0.2, 0.25) is 5.91 Å². The molecule has 0 aliphatic carbocycles. The van der Waals surface area contributed by atoms with Crippen molar-refractivity contribution in [3.05, 3.63) is 29.8 Å². The number of nitrogens with one attached hydrogen (secondary N) is 2. The quantitative estimate of drug-likeness (QED) is 0.517. The number of rotatable bonds is 10. The van der Waals surface area contributed by atoms with Crippen molar-refractivity contribution in [3.8, 4) is 5.75 Å². The number of nitrogens with zero attached hydrogens (tertiary/aromatic N) is 1. The lowest BCUT2D eigenvalue weighted by atomic mass is 10.0. The highest BCUT2D eigenvalue weighted by molar-refractivity contribution is 6.04. The number of amides is 4. The summed E-state index contributed by atoms with van der Waals surface area (Å²) >= 11 is 0. The zero-order chi connectivity index (χ0) is 20.7. The first-order chi connectivity index (χ1) is 13.3. The second-order valence-electron chi connectivity index (χ2n) is 7.23. The standard InChI is InChI=1S/C20H29N3O5/c1-13(2)17(12-24)21-18(25)9-8-16-19(26)23(20(27)22-16)11-10-14-4-6-15(28-3)7-5-14/h4-7,13,16-17,24H,8-12H2,1-3H3,(H,21,25)(H,22,27)/t16-,17-/m0/s1. The van der Waals surface area contributed by atoms with Gasteiger partial charge in [0.1, 0.15) is 11.8 Å². The molecule has 0 aromatic heterocycles. The topological polar surface area (TPSA) is 108 Å². The summed E-state index contributed by atoms with van der Waals surface area (Å²) in [7, 11) is 1.59. The SMILES string of the molecule is COc1ccc(CCN2C(=O)N[C@@H](CCC(=O)N[C@@H](CO)C(C)C)C2=O)cc1. The molecule has 154 valence electrons. The van der Waals surface area contributed by atoms with Crippen LogP contribution in [0.2, 0.25) is 0 Å². The predicted octanol–water partition coefficient (Wildman–Crippen LogP) is 1.07. The van der Waals surface area contributed by atoms with Gasteiger partial charge in [0.25, 0.3) is 5.91 Å². The molecular formula is C20H29N3O5. The van der Waals surface area contributed by atoms with Crippen LogP contribution in [0.15, 0.2) is 24.3 Å². The highest BCUT2D eigenvalue weighted by Crippen LogP contribution is 2.15. The highest BCUT2D eigenvalue weighted by Gasteiger charge is 2.37. The Balaban J connectivity index is 1.82. The van der Waals surface area contributed by atoms with Crippen molar-refractivity contribution in [3.63, 3.8) is 0 Å². The Labute approximate surface area is 165 Å². The minimum atomic E-state index is -0.694. The van der Waals surface area contributed by atoms with Crippen molar-refractivity contribution in [2.75, 3.05) is 20.3 Å². The minimum Gasteiger partial charge on any atom is -0.497 e. The monoisotopic (exact) mass is 391 g/mol. The van der Waals surface area contributed by atoms with Gasteiger partial charge in [-0.1, -0.05) is 26.0 Å². The van der Waals surface area contributed by atoms with Crippen LogP contribution in [-0.4, -0.2) is 60.2 Å². The molecule has 1 aromatic rings. The minimum absolute atomic E-state index is 0.103. The van der Waals surface area contributed by atoms with E-state index in [1.54, 1.807) is 7.11 Å². The molecular weight excluding hydrogens is 362 g/mol. The van der Waals surface area contributed by atoms with Crippen molar-refractivity contribution in [1.29, 1.82) is 0 Å². The molecule has 8 nitrogen and oxygen atoms in total. The second kappa shape index (κ2) is 10.1. The molecule has 3 N–H and O–H groups in total. The van der Waals surface area contributed by atoms with Gasteiger partial charge < -0.3 is 20.5 Å². The van der Waals surface area contributed by atoms with Crippen molar-refractivity contribution in [1.82, 2.24) is 15.5 Å². The van der Waals surface area contributed by atoms with Gasteiger partial charge in [0.05, 0.1) is 19.8 Å². The number of urea groups is 1. The fourth-order valence-electron chi connectivity index (χ4n) is 2.99. The van der Waals surface area contributed by atoms with Gasteiger partial charge in [0, 0.05) is 13.0 Å². The lowest BCUT2D eigenvalue weighted by Gasteiger charge is -2.20. The molecule has 4 amide bonds. The third kappa shape index (κ3) is 5.69. The molecule has 0 radical (unpaired) electrons. The van der Waals surface area contributed by atoms with E-state index in [-0.39, 0.29) is 49.8 Å². The molecule has 1 aliphatic heterocycles. The maximum atomic E-state index is 12.5. The average Bonchev–Trinajstić information content (AvgIpc) is 2.96. The van der Waals surface area contributed by atoms with Gasteiger partial charge in [-0.25, -0.2) is 4.79 Å². The number of carbonyl (C=O) groups excluding carboxylic acids is 3. The van der Waals surface area contributed by atoms with Gasteiger partial charge in [-0.15, -0.1) is 0 Å². The summed E-state index contributed by atoms with van der Waals surface area (Å²) in [6, 6.07) is 6.01. The van der Waals surface area contributed by atoms with E-state index in [9.17, 15) is 19.5 Å². The molecule has 28 heavy (non-hydrogen) atoms. The molecule has 8 heteroatoms. The summed E-state index contributed by atoms with van der Waals surface area (Å²) in [6.45, 7) is 3.95. The third-order valence-corrected chi connectivity index (χ3v) is 4.90. The Morgan fingerprint density at radius 1 is 1.29 bits per heavy atom. The first kappa shape index (κ1) is 21.7. The molecule has 0 unspecified atom stereocenters. The number of hydrogen-bond acceptors (Lipinski definition) is 5. The zero-order valence-electron chi connectivity index (χ0n) is 16.6. The smallest absolute Gasteiger partial charge is 0.324 e. The number of imide groups is 1. The van der Waals surface area contributed by atoms with Gasteiger partial charge >= 0.3 is 6.03 Å². The molecule has 1 aromatic carbocycles. The zero-order valence-corrected chi connectivity index (χ0v) is 16.6. The van der Waals surface area contributed by atoms with E-state index in [1.165, 1.54) is 4.90 Å². The van der Waals surface area contributed by atoms with Crippen LogP contribution in [-0.2, 0) is 16.0 Å². The van der Waals surface area contributed by atoms with E-state index >= 15 is 0 Å². The summed E-state index contributed by atoms with van der Waals surface area (Å²) in [4.78, 5) is 37.8. The van der Waals surface area contributed by atoms with Crippen molar-refractivity contribution in [2.45, 2.75) is 45.2 Å². The molecule has 1 saturated heterocycles. The number of aliphatic hydroxyl groups excluding tert-OH is 1. The third-order valence-electron chi connectivity index (χ3n) is 4.90. The molecule has 0 saturated carbocycles. The molecule has 2 rings (SSSR count). The van der Waals surface area contributed by atoms with Crippen molar-refractivity contribution < 1.29 is 24.2 Å². The number of benzene rings is 1. The number of aliphatic hydroxyl groups is 1. The Morgan fingerprint density at radius 3 is 2.54 bits per heavy atom. The summed E-state index contributed by atoms with van der Waals surface area (Å²) < 4.78 is 5.11. The molecule has 0 bridgehead atoms. The van der Waals surface area contributed by atoms with Gasteiger partial charge in [-0.2, -0.15) is 0 Å². The van der Waals surface area contributed by atoms with E-state index in [4.69, 9.17) is 4.74 Å². The van der Waals surface area contributed by atoms with Crippen LogP contribution in [0, 0.1) is 5.92 Å². The van der Waals surface area contributed by atoms with Gasteiger partial charge in [-0.3, -0.25) is 14.5 Å². The number of methoxy groups -OCH3 is 1. The van der Waals surface area contributed by atoms with E-state index in [1.807, 2.05) is 38.1 Å². The highest BCUT2D eigenvalue weighted by atomic mass is 16.5. The van der Waals surface area contributed by atoms with Crippen LogP contribution in [0.25, 0.3) is 0 Å². The molecule has 2 atom stereocenters. The van der Waals surface area contributed by atoms with Crippen LogP contribution in [0.1, 0.15) is 32.3 Å². The fraction of sp³-hybridized carbons (Fsp3) is 0.550. The van der Waals surface area contributed by atoms with Crippen LogP contribution in [0.5, 0.6) is 5.75 Å². The number of hydrogen-bond donors (Lipinski definition) is 3. The van der Waals surface area contributed by atoms with Gasteiger partial charge in [0.15, 0.2) is 0 Å². The molecule has 0 spiro atoms. The Morgan fingerprint density at radius 2 is 1.96 bits per heavy atom. The maximum Gasteiger partial charge on any atom is 0.324 e. The van der Waals surface area contributed by atoms with E-state index < -0.39 is 12.1 Å². The van der Waals surface area contributed by atoms with Crippen LogP contribution in [0.4, 0.5) is 4.79 Å². The first-order valence-electron chi connectivity index (χ1n) is 9.50. The largest absolute Gasteiger partial charge is 0.497 e. The van der Waals surface area contributed by atoms with Crippen LogP contribution < -0.4 is 15.4 Å². The average molecular weight is 391 g/mol. The summed E-state index contributed by atoms with van der Waals surface area (Å²) in [5.41, 5.74) is 0.993. The normalized spacial score (nSPS) is 17.6. The van der Waals surface area contributed by atoms with Crippen molar-refractivity contribution >= 4 is 17.8 Å². The number of ether oxygens (including phenoxy) is 1. The Hall–Kier alpha value is -2.61. The van der Waals surface area contributed by atoms with E-state index in [2.05, 4.69) is 10.6 Å². The van der Waals surface area contributed by atoms with E-state index in [0.717, 1.165) is 11.3 Å². The maximum absolute atomic E-state index is 12.5. The first-order valence-corrected chi connectivity index (χ1v) is 9.50. The van der Waals surface area contributed by atoms with Crippen molar-refractivity contribution in [2.24, 2.45) is 5.92 Å². The van der Waals surface area contributed by atoms with Crippen LogP contribution in [0.3, 0.4) is 0 Å². The second-order valence-corrected chi connectivity index (χ2v) is 7.23. The summed E-state index contributed by atoms with van der Waals surface area (Å²) in [6.07, 6.45) is 0.876. The molecule has 1 heterocycles. The Bertz CT molecular complexity index is 690. The fourth-order valence-corrected chi connectivity index (χ4v) is 2.99. The van der Waals surface area contributed by atoms with Gasteiger partial charge in [-0.05, 0) is 36.5 Å². The molecule has 1 aliphatic rings. The Kier molecular flexibility index (Phi) is 7.80. The summed E-state index contributed by atoms with van der Waals surface area (Å²) in [5, 5.41) is 14.7. The molecule has 1 fully saturated rings. The van der Waals surface area contributed by atoms with E-state index in [0.29, 0.717) is 6.42 Å². The van der Waals surface area contributed by atoms with Crippen LogP contribution >= 0.6 is 0 Å².